The average Bonchev–Trinajstić information content (AvgIpc) is 2.54. The average molecular weight is 296 g/mol. The molecule has 1 radical (unpaired) electrons. The van der Waals surface area contributed by atoms with E-state index in [1.165, 1.54) is 7.11 Å². The summed E-state index contributed by atoms with van der Waals surface area (Å²) in [5.74, 6) is 0.829. The first-order chi connectivity index (χ1) is 10.7. The van der Waals surface area contributed by atoms with Gasteiger partial charge in [0, 0.05) is 5.56 Å². The summed E-state index contributed by atoms with van der Waals surface area (Å²) in [6.45, 7) is 4.35. The summed E-state index contributed by atoms with van der Waals surface area (Å²) in [4.78, 5) is 15.7. The third-order valence-corrected chi connectivity index (χ3v) is 3.28. The summed E-state index contributed by atoms with van der Waals surface area (Å²) < 4.78 is 5.89. The molecule has 113 valence electrons. The minimum absolute atomic E-state index is 0.127. The van der Waals surface area contributed by atoms with Gasteiger partial charge >= 0.3 is 0 Å². The second-order valence-electron chi connectivity index (χ2n) is 4.94. The van der Waals surface area contributed by atoms with E-state index in [1.807, 2.05) is 50.2 Å². The van der Waals surface area contributed by atoms with Crippen molar-refractivity contribution in [2.24, 2.45) is 5.16 Å². The third kappa shape index (κ3) is 3.73. The monoisotopic (exact) mass is 296 g/mol. The zero-order chi connectivity index (χ0) is 15.9. The molecule has 0 saturated heterocycles. The van der Waals surface area contributed by atoms with E-state index in [4.69, 9.17) is 4.74 Å². The van der Waals surface area contributed by atoms with Crippen molar-refractivity contribution in [2.75, 3.05) is 7.11 Å². The van der Waals surface area contributed by atoms with Crippen LogP contribution in [0.25, 0.3) is 0 Å². The molecule has 0 saturated carbocycles. The maximum Gasteiger partial charge on any atom is 0.257 e. The van der Waals surface area contributed by atoms with Crippen LogP contribution in [0.1, 0.15) is 22.3 Å². The molecule has 0 amide bonds. The Hall–Kier alpha value is -2.62. The van der Waals surface area contributed by atoms with Crippen molar-refractivity contribution >= 4 is 12.0 Å². The molecule has 2 aromatic carbocycles. The number of ether oxygens (including phenoxy) is 1. The van der Waals surface area contributed by atoms with Crippen molar-refractivity contribution in [3.05, 3.63) is 64.7 Å². The Bertz CT molecular complexity index is 692. The van der Waals surface area contributed by atoms with E-state index < -0.39 is 0 Å². The first-order valence-electron chi connectivity index (χ1n) is 6.93. The van der Waals surface area contributed by atoms with Crippen LogP contribution in [0, 0.1) is 13.8 Å². The molecule has 4 nitrogen and oxygen atoms in total. The van der Waals surface area contributed by atoms with E-state index in [9.17, 15) is 4.79 Å². The van der Waals surface area contributed by atoms with Crippen LogP contribution in [0.5, 0.6) is 5.75 Å². The number of rotatable bonds is 6. The van der Waals surface area contributed by atoms with Crippen molar-refractivity contribution in [1.29, 1.82) is 0 Å². The van der Waals surface area contributed by atoms with Gasteiger partial charge in [0.1, 0.15) is 19.5 Å². The van der Waals surface area contributed by atoms with E-state index >= 15 is 0 Å². The maximum absolute atomic E-state index is 11.0. The Morgan fingerprint density at radius 3 is 2.68 bits per heavy atom. The fraction of sp³-hybridized carbons (Fsp3) is 0.222. The van der Waals surface area contributed by atoms with Crippen molar-refractivity contribution in [3.8, 4) is 5.75 Å². The highest BCUT2D eigenvalue weighted by atomic mass is 16.6. The molecule has 2 rings (SSSR count). The van der Waals surface area contributed by atoms with Crippen molar-refractivity contribution in [3.63, 3.8) is 0 Å². The molecule has 2 aromatic rings. The van der Waals surface area contributed by atoms with Crippen LogP contribution < -0.4 is 4.74 Å². The summed E-state index contributed by atoms with van der Waals surface area (Å²) in [5.41, 5.74) is 3.84. The molecular formula is C18H18NO3. The molecular weight excluding hydrogens is 278 g/mol. The van der Waals surface area contributed by atoms with Crippen molar-refractivity contribution in [1.82, 2.24) is 0 Å². The first-order valence-corrected chi connectivity index (χ1v) is 6.93. The van der Waals surface area contributed by atoms with Gasteiger partial charge in [-0.25, -0.2) is 0 Å². The Balaban J connectivity index is 2.25. The van der Waals surface area contributed by atoms with Crippen LogP contribution in [-0.4, -0.2) is 19.1 Å². The molecule has 0 unspecified atom stereocenters. The Morgan fingerprint density at radius 2 is 1.95 bits per heavy atom. The van der Waals surface area contributed by atoms with E-state index in [0.717, 1.165) is 22.4 Å². The molecule has 4 heteroatoms. The number of carbonyl (C=O) groups excluding carboxylic acids is 1. The molecule has 0 aromatic heterocycles. The summed E-state index contributed by atoms with van der Waals surface area (Å²) in [7, 11) is 1.40. The lowest BCUT2D eigenvalue weighted by Crippen LogP contribution is -2.09. The van der Waals surface area contributed by atoms with Crippen LogP contribution in [0.3, 0.4) is 0 Å². The van der Waals surface area contributed by atoms with Crippen LogP contribution in [0.2, 0.25) is 0 Å². The van der Waals surface area contributed by atoms with Gasteiger partial charge in [0.2, 0.25) is 0 Å². The summed E-state index contributed by atoms with van der Waals surface area (Å²) in [6, 6.07) is 13.5. The summed E-state index contributed by atoms with van der Waals surface area (Å²) in [6.07, 6.45) is 1.80. The molecule has 0 aliphatic carbocycles. The lowest BCUT2D eigenvalue weighted by Gasteiger charge is -2.12. The maximum atomic E-state index is 11.0. The quantitative estimate of drug-likeness (QED) is 0.606. The Morgan fingerprint density at radius 1 is 1.18 bits per heavy atom. The fourth-order valence-corrected chi connectivity index (χ4v) is 2.11. The number of hydrogen-bond acceptors (Lipinski definition) is 4. The second-order valence-corrected chi connectivity index (χ2v) is 4.94. The number of hydrogen-bond donors (Lipinski definition) is 0. The fourth-order valence-electron chi connectivity index (χ4n) is 2.11. The highest BCUT2D eigenvalue weighted by Gasteiger charge is 2.11. The number of benzene rings is 2. The second kappa shape index (κ2) is 7.41. The number of aryl methyl sites for hydroxylation is 2. The Kier molecular flexibility index (Phi) is 5.31. The van der Waals surface area contributed by atoms with E-state index in [1.54, 1.807) is 12.4 Å². The van der Waals surface area contributed by atoms with Gasteiger partial charge < -0.3 is 9.57 Å². The van der Waals surface area contributed by atoms with Crippen molar-refractivity contribution < 1.29 is 14.4 Å². The van der Waals surface area contributed by atoms with E-state index in [-0.39, 0.29) is 5.71 Å². The van der Waals surface area contributed by atoms with Gasteiger partial charge in [0.25, 0.3) is 6.29 Å². The predicted molar refractivity (Wildman–Crippen MR) is 85.9 cm³/mol. The standard InChI is InChI=1S/C18H18NO3/c1-13-8-9-14(2)18(10-13)22-12-15-6-4-5-7-16(15)17(11-20)19-21-3/h4-10H,12H2,1-3H3. The van der Waals surface area contributed by atoms with Gasteiger partial charge in [-0.2, -0.15) is 0 Å². The zero-order valence-electron chi connectivity index (χ0n) is 12.9. The topological polar surface area (TPSA) is 47.9 Å². The lowest BCUT2D eigenvalue weighted by molar-refractivity contribution is 0.214. The van der Waals surface area contributed by atoms with E-state index in [2.05, 4.69) is 9.99 Å². The van der Waals surface area contributed by atoms with Gasteiger partial charge in [0.15, 0.2) is 5.71 Å². The van der Waals surface area contributed by atoms with E-state index in [0.29, 0.717) is 12.2 Å². The highest BCUT2D eigenvalue weighted by molar-refractivity contribution is 6.36. The van der Waals surface area contributed by atoms with Gasteiger partial charge in [-0.05, 0) is 36.6 Å². The zero-order valence-corrected chi connectivity index (χ0v) is 12.9. The molecule has 0 fully saturated rings. The molecule has 0 aliphatic rings. The largest absolute Gasteiger partial charge is 0.489 e. The molecule has 0 aliphatic heterocycles. The SMILES string of the molecule is CON=C([C]=O)c1ccccc1COc1cc(C)ccc1C. The molecule has 0 heterocycles. The van der Waals surface area contributed by atoms with Crippen LogP contribution >= 0.6 is 0 Å². The van der Waals surface area contributed by atoms with Crippen molar-refractivity contribution in [2.45, 2.75) is 20.5 Å². The van der Waals surface area contributed by atoms with Gasteiger partial charge in [-0.1, -0.05) is 41.6 Å². The normalized spacial score (nSPS) is 11.1. The molecule has 0 spiro atoms. The first kappa shape index (κ1) is 15.8. The van der Waals surface area contributed by atoms with Crippen LogP contribution in [0.15, 0.2) is 47.6 Å². The van der Waals surface area contributed by atoms with Gasteiger partial charge in [0.05, 0.1) is 0 Å². The number of nitrogens with zero attached hydrogens (tertiary/aromatic N) is 1. The minimum Gasteiger partial charge on any atom is -0.489 e. The Labute approximate surface area is 130 Å². The van der Waals surface area contributed by atoms with Crippen LogP contribution in [-0.2, 0) is 16.2 Å². The highest BCUT2D eigenvalue weighted by Crippen LogP contribution is 2.21. The molecule has 22 heavy (non-hydrogen) atoms. The summed E-state index contributed by atoms with van der Waals surface area (Å²) in [5, 5.41) is 3.70. The molecule has 0 bridgehead atoms. The third-order valence-electron chi connectivity index (χ3n) is 3.28. The van der Waals surface area contributed by atoms with Crippen LogP contribution in [0.4, 0.5) is 0 Å². The predicted octanol–water partition coefficient (Wildman–Crippen LogP) is 3.34. The molecule has 0 N–H and O–H groups in total. The smallest absolute Gasteiger partial charge is 0.257 e. The van der Waals surface area contributed by atoms with Gasteiger partial charge in [-0.3, -0.25) is 4.79 Å². The van der Waals surface area contributed by atoms with Gasteiger partial charge in [-0.15, -0.1) is 0 Å². The number of oxime groups is 1. The minimum atomic E-state index is 0.127. The lowest BCUT2D eigenvalue weighted by atomic mass is 10.0. The summed E-state index contributed by atoms with van der Waals surface area (Å²) >= 11 is 0. The molecule has 0 atom stereocenters.